The van der Waals surface area contributed by atoms with Gasteiger partial charge >= 0.3 is 0 Å². The molecule has 2 atom stereocenters. The molecule has 7 heteroatoms. The van der Waals surface area contributed by atoms with Gasteiger partial charge in [-0.2, -0.15) is 4.31 Å². The second-order valence-corrected chi connectivity index (χ2v) is 9.66. The topological polar surface area (TPSA) is 49.4 Å². The maximum atomic E-state index is 12.8. The maximum Gasteiger partial charge on any atom is 0.252 e. The van der Waals surface area contributed by atoms with Gasteiger partial charge < -0.3 is 5.32 Å². The van der Waals surface area contributed by atoms with Crippen LogP contribution in [0.25, 0.3) is 0 Å². The average Bonchev–Trinajstić information content (AvgIpc) is 2.86. The molecule has 4 nitrogen and oxygen atoms in total. The molecule has 1 aromatic rings. The van der Waals surface area contributed by atoms with Gasteiger partial charge in [0.1, 0.15) is 4.21 Å². The summed E-state index contributed by atoms with van der Waals surface area (Å²) in [5.41, 5.74) is 0. The molecule has 2 unspecified atom stereocenters. The summed E-state index contributed by atoms with van der Waals surface area (Å²) in [5.74, 6) is 0. The molecule has 0 amide bonds. The maximum absolute atomic E-state index is 12.8. The molecule has 0 aromatic carbocycles. The van der Waals surface area contributed by atoms with Crippen LogP contribution in [0.1, 0.15) is 33.1 Å². The van der Waals surface area contributed by atoms with Crippen LogP contribution in [0.3, 0.4) is 0 Å². The van der Waals surface area contributed by atoms with Crippen molar-refractivity contribution >= 4 is 37.3 Å². The summed E-state index contributed by atoms with van der Waals surface area (Å²) >= 11 is 4.62. The fraction of sp³-hybridized carbons (Fsp3) is 0.692. The van der Waals surface area contributed by atoms with E-state index in [-0.39, 0.29) is 12.1 Å². The van der Waals surface area contributed by atoms with Crippen molar-refractivity contribution in [3.05, 3.63) is 15.9 Å². The van der Waals surface area contributed by atoms with Gasteiger partial charge in [-0.3, -0.25) is 0 Å². The first kappa shape index (κ1) is 16.4. The van der Waals surface area contributed by atoms with Crippen molar-refractivity contribution < 1.29 is 8.42 Å². The van der Waals surface area contributed by atoms with Gasteiger partial charge in [0.25, 0.3) is 10.0 Å². The molecule has 2 heterocycles. The van der Waals surface area contributed by atoms with Crippen LogP contribution in [0.2, 0.25) is 0 Å². The predicted molar refractivity (Wildman–Crippen MR) is 86.7 cm³/mol. The van der Waals surface area contributed by atoms with Crippen molar-refractivity contribution in [1.82, 2.24) is 9.62 Å². The molecule has 1 aliphatic heterocycles. The van der Waals surface area contributed by atoms with Crippen molar-refractivity contribution in [1.29, 1.82) is 0 Å². The molecule has 0 bridgehead atoms. The Morgan fingerprint density at radius 2 is 2.25 bits per heavy atom. The summed E-state index contributed by atoms with van der Waals surface area (Å²) in [7, 11) is -3.37. The largest absolute Gasteiger partial charge is 0.313 e. The highest BCUT2D eigenvalue weighted by Gasteiger charge is 2.36. The Balaban J connectivity index is 2.27. The number of hydrogen-bond acceptors (Lipinski definition) is 4. The minimum Gasteiger partial charge on any atom is -0.313 e. The van der Waals surface area contributed by atoms with Gasteiger partial charge in [0.05, 0.1) is 3.79 Å². The van der Waals surface area contributed by atoms with Gasteiger partial charge in [-0.25, -0.2) is 8.42 Å². The van der Waals surface area contributed by atoms with Crippen molar-refractivity contribution in [2.24, 2.45) is 0 Å². The third-order valence-corrected chi connectivity index (χ3v) is 7.73. The van der Waals surface area contributed by atoms with Crippen molar-refractivity contribution in [3.8, 4) is 0 Å². The number of rotatable bonds is 5. The Morgan fingerprint density at radius 3 is 2.85 bits per heavy atom. The monoisotopic (exact) mass is 380 g/mol. The van der Waals surface area contributed by atoms with Crippen LogP contribution in [-0.4, -0.2) is 37.9 Å². The number of likely N-dealkylation sites (N-methyl/N-ethyl adjacent to an activating group) is 1. The van der Waals surface area contributed by atoms with Gasteiger partial charge in [0, 0.05) is 18.6 Å². The molecular weight excluding hydrogens is 360 g/mol. The van der Waals surface area contributed by atoms with E-state index in [1.54, 1.807) is 16.4 Å². The van der Waals surface area contributed by atoms with E-state index in [0.29, 0.717) is 10.8 Å². The summed E-state index contributed by atoms with van der Waals surface area (Å²) in [6, 6.07) is 3.71. The zero-order valence-corrected chi connectivity index (χ0v) is 15.0. The average molecular weight is 381 g/mol. The third kappa shape index (κ3) is 3.44. The smallest absolute Gasteiger partial charge is 0.252 e. The lowest BCUT2D eigenvalue weighted by molar-refractivity contribution is 0.210. The second kappa shape index (κ2) is 6.87. The van der Waals surface area contributed by atoms with Crippen LogP contribution < -0.4 is 5.32 Å². The summed E-state index contributed by atoms with van der Waals surface area (Å²) in [5, 5.41) is 3.36. The quantitative estimate of drug-likeness (QED) is 0.853. The molecule has 1 aliphatic rings. The van der Waals surface area contributed by atoms with Crippen molar-refractivity contribution in [2.75, 3.05) is 13.1 Å². The molecule has 1 fully saturated rings. The first-order valence-electron chi connectivity index (χ1n) is 6.97. The van der Waals surface area contributed by atoms with Crippen molar-refractivity contribution in [3.63, 3.8) is 0 Å². The van der Waals surface area contributed by atoms with E-state index in [4.69, 9.17) is 0 Å². The Hall–Kier alpha value is 0.0500. The Kier molecular flexibility index (Phi) is 5.64. The molecule has 1 aromatic heterocycles. The molecule has 1 N–H and O–H groups in total. The van der Waals surface area contributed by atoms with Crippen LogP contribution in [0.5, 0.6) is 0 Å². The van der Waals surface area contributed by atoms with E-state index in [1.807, 2.05) is 0 Å². The Morgan fingerprint density at radius 1 is 1.50 bits per heavy atom. The third-order valence-electron chi connectivity index (χ3n) is 3.71. The Bertz CT molecular complexity index is 544. The molecule has 0 saturated carbocycles. The first-order chi connectivity index (χ1) is 9.46. The molecule has 0 radical (unpaired) electrons. The normalized spacial score (nSPS) is 22.9. The van der Waals surface area contributed by atoms with Crippen LogP contribution in [-0.2, 0) is 10.0 Å². The fourth-order valence-corrected chi connectivity index (χ4v) is 6.64. The first-order valence-corrected chi connectivity index (χ1v) is 10.0. The number of halogens is 1. The number of hydrogen-bond donors (Lipinski definition) is 1. The van der Waals surface area contributed by atoms with E-state index < -0.39 is 10.0 Å². The van der Waals surface area contributed by atoms with Gasteiger partial charge in [-0.05, 0) is 54.4 Å². The molecule has 2 rings (SSSR count). The molecule has 0 aliphatic carbocycles. The van der Waals surface area contributed by atoms with Gasteiger partial charge in [0.15, 0.2) is 0 Å². The summed E-state index contributed by atoms with van der Waals surface area (Å²) in [6.45, 7) is 5.61. The number of piperidine rings is 1. The van der Waals surface area contributed by atoms with E-state index in [1.165, 1.54) is 11.3 Å². The van der Waals surface area contributed by atoms with Gasteiger partial charge in [0.2, 0.25) is 0 Å². The van der Waals surface area contributed by atoms with Crippen LogP contribution >= 0.6 is 27.3 Å². The Labute approximate surface area is 133 Å². The highest BCUT2D eigenvalue weighted by Crippen LogP contribution is 2.32. The minimum absolute atomic E-state index is 0.0505. The summed E-state index contributed by atoms with van der Waals surface area (Å²) in [6.07, 6.45) is 2.97. The predicted octanol–water partition coefficient (Wildman–Crippen LogP) is 3.05. The number of thiophene rings is 1. The molecule has 20 heavy (non-hydrogen) atoms. The van der Waals surface area contributed by atoms with Crippen LogP contribution in [0.4, 0.5) is 0 Å². The molecule has 1 saturated heterocycles. The van der Waals surface area contributed by atoms with Crippen LogP contribution in [0.15, 0.2) is 20.1 Å². The van der Waals surface area contributed by atoms with Crippen LogP contribution in [0, 0.1) is 0 Å². The zero-order chi connectivity index (χ0) is 14.8. The lowest BCUT2D eigenvalue weighted by atomic mass is 9.99. The lowest BCUT2D eigenvalue weighted by Crippen LogP contribution is -2.52. The molecule has 0 spiro atoms. The number of nitrogens with zero attached hydrogens (tertiary/aromatic N) is 1. The molecule has 114 valence electrons. The van der Waals surface area contributed by atoms with E-state index in [0.717, 1.165) is 29.6 Å². The van der Waals surface area contributed by atoms with Gasteiger partial charge in [-0.15, -0.1) is 11.3 Å². The number of sulfonamides is 1. The summed E-state index contributed by atoms with van der Waals surface area (Å²) < 4.78 is 28.6. The van der Waals surface area contributed by atoms with E-state index in [9.17, 15) is 8.42 Å². The standard InChI is InChI=1S/C13H21BrN2O2S2/c1-3-15-10(2)11-6-4-5-9-16(11)20(17,18)13-8-7-12(14)19-13/h7-8,10-11,15H,3-6,9H2,1-2H3. The highest BCUT2D eigenvalue weighted by molar-refractivity contribution is 9.11. The number of nitrogens with one attached hydrogen (secondary N) is 1. The highest BCUT2D eigenvalue weighted by atomic mass is 79.9. The second-order valence-electron chi connectivity index (χ2n) is 5.08. The van der Waals surface area contributed by atoms with E-state index >= 15 is 0 Å². The lowest BCUT2D eigenvalue weighted by Gasteiger charge is -2.38. The van der Waals surface area contributed by atoms with Crippen molar-refractivity contribution in [2.45, 2.75) is 49.4 Å². The van der Waals surface area contributed by atoms with E-state index in [2.05, 4.69) is 35.1 Å². The zero-order valence-electron chi connectivity index (χ0n) is 11.8. The summed E-state index contributed by atoms with van der Waals surface area (Å²) in [4.78, 5) is 0. The minimum atomic E-state index is -3.37. The SMILES string of the molecule is CCNC(C)C1CCCCN1S(=O)(=O)c1ccc(Br)s1. The van der Waals surface area contributed by atoms with Gasteiger partial charge in [-0.1, -0.05) is 13.3 Å². The molecular formula is C13H21BrN2O2S2. The fourth-order valence-electron chi connectivity index (χ4n) is 2.74.